The molecule has 7 heteroatoms. The number of furan rings is 1. The zero-order valence-corrected chi connectivity index (χ0v) is 19.0. The van der Waals surface area contributed by atoms with E-state index in [1.54, 1.807) is 27.6 Å². The number of ether oxygens (including phenoxy) is 3. The van der Waals surface area contributed by atoms with E-state index in [0.29, 0.717) is 17.9 Å². The van der Waals surface area contributed by atoms with Crippen molar-refractivity contribution in [2.24, 2.45) is 4.99 Å². The van der Waals surface area contributed by atoms with Crippen LogP contribution < -0.4 is 14.2 Å². The molecule has 0 aliphatic carbocycles. The smallest absolute Gasteiger partial charge is 0.161 e. The van der Waals surface area contributed by atoms with Crippen molar-refractivity contribution in [3.05, 3.63) is 77.9 Å². The molecular weight excluding hydrogens is 418 g/mol. The zero-order valence-electron chi connectivity index (χ0n) is 19.0. The van der Waals surface area contributed by atoms with Gasteiger partial charge in [-0.3, -0.25) is 0 Å². The van der Waals surface area contributed by atoms with Crippen LogP contribution in [-0.4, -0.2) is 36.8 Å². The minimum Gasteiger partial charge on any atom is -0.497 e. The molecule has 1 aliphatic rings. The number of benzene rings is 2. The van der Waals surface area contributed by atoms with E-state index < -0.39 is 0 Å². The van der Waals surface area contributed by atoms with Gasteiger partial charge < -0.3 is 18.6 Å². The molecule has 0 saturated carbocycles. The molecule has 0 radical (unpaired) electrons. The third kappa shape index (κ3) is 3.65. The summed E-state index contributed by atoms with van der Waals surface area (Å²) < 4.78 is 24.0. The lowest BCUT2D eigenvalue weighted by molar-refractivity contribution is 0.353. The van der Waals surface area contributed by atoms with Gasteiger partial charge in [0.15, 0.2) is 17.3 Å². The molecule has 0 spiro atoms. The van der Waals surface area contributed by atoms with E-state index in [2.05, 4.69) is 0 Å². The van der Waals surface area contributed by atoms with Crippen molar-refractivity contribution in [3.8, 4) is 28.4 Å². The van der Waals surface area contributed by atoms with Gasteiger partial charge in [0.25, 0.3) is 0 Å². The van der Waals surface area contributed by atoms with Crippen molar-refractivity contribution >= 4 is 11.5 Å². The second-order valence-corrected chi connectivity index (χ2v) is 7.83. The molecule has 1 unspecified atom stereocenters. The van der Waals surface area contributed by atoms with Gasteiger partial charge in [0, 0.05) is 12.0 Å². The van der Waals surface area contributed by atoms with Crippen LogP contribution in [0.25, 0.3) is 11.1 Å². The molecule has 2 aromatic carbocycles. The second-order valence-electron chi connectivity index (χ2n) is 7.83. The van der Waals surface area contributed by atoms with Crippen molar-refractivity contribution in [3.63, 3.8) is 0 Å². The lowest BCUT2D eigenvalue weighted by Gasteiger charge is -2.25. The first kappa shape index (κ1) is 20.9. The number of aromatic nitrogens is 2. The maximum atomic E-state index is 5.71. The summed E-state index contributed by atoms with van der Waals surface area (Å²) >= 11 is 0. The number of aliphatic imine (C=N–C) groups is 1. The molecule has 0 fully saturated rings. The molecule has 33 heavy (non-hydrogen) atoms. The molecule has 168 valence electrons. The van der Waals surface area contributed by atoms with Gasteiger partial charge in [-0.15, -0.1) is 0 Å². The Kier molecular flexibility index (Phi) is 5.38. The lowest BCUT2D eigenvalue weighted by Crippen LogP contribution is -2.21. The van der Waals surface area contributed by atoms with E-state index in [1.807, 2.05) is 66.2 Å². The molecule has 1 atom stereocenters. The summed E-state index contributed by atoms with van der Waals surface area (Å²) in [5.41, 5.74) is 4.86. The van der Waals surface area contributed by atoms with Crippen molar-refractivity contribution in [1.29, 1.82) is 0 Å². The van der Waals surface area contributed by atoms with E-state index in [1.165, 1.54) is 0 Å². The predicted molar refractivity (Wildman–Crippen MR) is 126 cm³/mol. The first-order valence-electron chi connectivity index (χ1n) is 10.7. The van der Waals surface area contributed by atoms with Crippen LogP contribution in [0, 0.1) is 6.92 Å². The van der Waals surface area contributed by atoms with Gasteiger partial charge in [0.1, 0.15) is 11.5 Å². The Morgan fingerprint density at radius 1 is 0.939 bits per heavy atom. The lowest BCUT2D eigenvalue weighted by atomic mass is 9.97. The fraction of sp³-hybridized carbons (Fsp3) is 0.231. The average Bonchev–Trinajstić information content (AvgIpc) is 3.50. The molecule has 0 bridgehead atoms. The van der Waals surface area contributed by atoms with Gasteiger partial charge in [-0.05, 0) is 54.4 Å². The summed E-state index contributed by atoms with van der Waals surface area (Å²) in [4.78, 5) is 5.02. The molecule has 0 N–H and O–H groups in total. The summed E-state index contributed by atoms with van der Waals surface area (Å²) in [6, 6.07) is 17.7. The van der Waals surface area contributed by atoms with Crippen LogP contribution >= 0.6 is 0 Å². The number of nitrogens with zero attached hydrogens (tertiary/aromatic N) is 3. The van der Waals surface area contributed by atoms with E-state index in [0.717, 1.165) is 45.4 Å². The Balaban J connectivity index is 1.68. The SMILES string of the molecule is COc1ccc(-c2c(C)nn3c2N=C(c2ccco2)CC3c2ccc(OC)c(OC)c2)cc1. The first-order chi connectivity index (χ1) is 16.1. The van der Waals surface area contributed by atoms with Crippen molar-refractivity contribution in [2.45, 2.75) is 19.4 Å². The summed E-state index contributed by atoms with van der Waals surface area (Å²) in [5.74, 6) is 3.73. The van der Waals surface area contributed by atoms with Crippen LogP contribution in [0.2, 0.25) is 0 Å². The normalized spacial score (nSPS) is 15.0. The van der Waals surface area contributed by atoms with Crippen molar-refractivity contribution in [1.82, 2.24) is 9.78 Å². The summed E-state index contributed by atoms with van der Waals surface area (Å²) in [6.45, 7) is 2.01. The third-order valence-electron chi connectivity index (χ3n) is 5.96. The number of rotatable bonds is 6. The number of hydrogen-bond acceptors (Lipinski definition) is 6. The molecular formula is C26H25N3O4. The highest BCUT2D eigenvalue weighted by Crippen LogP contribution is 2.43. The highest BCUT2D eigenvalue weighted by Gasteiger charge is 2.31. The average molecular weight is 444 g/mol. The predicted octanol–water partition coefficient (Wildman–Crippen LogP) is 5.59. The topological polar surface area (TPSA) is 71.0 Å². The minimum atomic E-state index is -0.0805. The highest BCUT2D eigenvalue weighted by molar-refractivity contribution is 6.02. The monoisotopic (exact) mass is 443 g/mol. The summed E-state index contributed by atoms with van der Waals surface area (Å²) in [6.07, 6.45) is 2.31. The maximum Gasteiger partial charge on any atom is 0.161 e. The summed E-state index contributed by atoms with van der Waals surface area (Å²) in [7, 11) is 4.94. The third-order valence-corrected chi connectivity index (χ3v) is 5.96. The molecule has 4 aromatic rings. The largest absolute Gasteiger partial charge is 0.497 e. The van der Waals surface area contributed by atoms with Gasteiger partial charge in [-0.25, -0.2) is 9.67 Å². The molecule has 0 amide bonds. The molecule has 2 aromatic heterocycles. The number of fused-ring (bicyclic) bond motifs is 1. The van der Waals surface area contributed by atoms with E-state index >= 15 is 0 Å². The highest BCUT2D eigenvalue weighted by atomic mass is 16.5. The van der Waals surface area contributed by atoms with E-state index in [4.69, 9.17) is 28.7 Å². The van der Waals surface area contributed by atoms with Gasteiger partial charge in [0.05, 0.1) is 45.0 Å². The van der Waals surface area contributed by atoms with E-state index in [9.17, 15) is 0 Å². The quantitative estimate of drug-likeness (QED) is 0.388. The van der Waals surface area contributed by atoms with Crippen LogP contribution in [0.4, 0.5) is 5.82 Å². The van der Waals surface area contributed by atoms with Crippen LogP contribution in [0.1, 0.15) is 29.5 Å². The van der Waals surface area contributed by atoms with Crippen LogP contribution in [0.3, 0.4) is 0 Å². The standard InChI is InChI=1S/C26H25N3O4/c1-16-25(17-7-10-19(30-2)11-8-17)26-27-20(22-6-5-13-33-22)15-21(29(26)28-16)18-9-12-23(31-3)24(14-18)32-4/h5-14,21H,15H2,1-4H3. The Hall–Kier alpha value is -4.00. The van der Waals surface area contributed by atoms with Crippen LogP contribution in [-0.2, 0) is 0 Å². The zero-order chi connectivity index (χ0) is 22.9. The van der Waals surface area contributed by atoms with Crippen LogP contribution in [0.5, 0.6) is 17.2 Å². The van der Waals surface area contributed by atoms with Crippen molar-refractivity contribution < 1.29 is 18.6 Å². The summed E-state index contributed by atoms with van der Waals surface area (Å²) in [5, 5.41) is 4.92. The van der Waals surface area contributed by atoms with Gasteiger partial charge >= 0.3 is 0 Å². The molecule has 1 aliphatic heterocycles. The number of aryl methyl sites for hydroxylation is 1. The molecule has 7 nitrogen and oxygen atoms in total. The maximum absolute atomic E-state index is 5.71. The van der Waals surface area contributed by atoms with E-state index in [-0.39, 0.29) is 6.04 Å². The second kappa shape index (κ2) is 8.50. The number of hydrogen-bond donors (Lipinski definition) is 0. The number of methoxy groups -OCH3 is 3. The van der Waals surface area contributed by atoms with Gasteiger partial charge in [-0.1, -0.05) is 18.2 Å². The van der Waals surface area contributed by atoms with Gasteiger partial charge in [0.2, 0.25) is 0 Å². The Bertz CT molecular complexity index is 1300. The Morgan fingerprint density at radius 3 is 2.39 bits per heavy atom. The Labute approximate surface area is 192 Å². The molecule has 5 rings (SSSR count). The first-order valence-corrected chi connectivity index (χ1v) is 10.7. The van der Waals surface area contributed by atoms with Crippen LogP contribution in [0.15, 0.2) is 70.3 Å². The van der Waals surface area contributed by atoms with Gasteiger partial charge in [-0.2, -0.15) is 5.10 Å². The fourth-order valence-corrected chi connectivity index (χ4v) is 4.32. The van der Waals surface area contributed by atoms with Crippen molar-refractivity contribution in [2.75, 3.05) is 21.3 Å². The molecule has 3 heterocycles. The molecule has 0 saturated heterocycles. The fourth-order valence-electron chi connectivity index (χ4n) is 4.32. The Morgan fingerprint density at radius 2 is 1.73 bits per heavy atom. The minimum absolute atomic E-state index is 0.0805.